The Morgan fingerprint density at radius 1 is 0.594 bits per heavy atom. The lowest BCUT2D eigenvalue weighted by Crippen LogP contribution is -3.00. The van der Waals surface area contributed by atoms with Crippen LogP contribution in [0.1, 0.15) is 63.5 Å². The van der Waals surface area contributed by atoms with Crippen molar-refractivity contribution in [3.05, 3.63) is 11.9 Å². The lowest BCUT2D eigenvalue weighted by Gasteiger charge is -2.16. The molecule has 0 aliphatic carbocycles. The van der Waals surface area contributed by atoms with Crippen LogP contribution in [0.15, 0.2) is 6.20 Å². The summed E-state index contributed by atoms with van der Waals surface area (Å²) in [6, 6.07) is 0.417. The molecule has 2 aliphatic rings. The molecule has 3 atom stereocenters. The Hall–Kier alpha value is -2.09. The highest BCUT2D eigenvalue weighted by atomic mass is 35.5. The second-order valence-electron chi connectivity index (χ2n) is 14.9. The number of nitrogens with one attached hydrogen (secondary N) is 2. The SMILES string of the molecule is [Cl-].[NH3+]CCOCCOCCOCCOCCOCCCC(=O)CCOCCOCCOCCOCCOCc1cn(CCOCCCC(=O)CCCC[C@@H]2SC[C@@H]3NC(=O)N[C@@H]32)nn1. The van der Waals surface area contributed by atoms with Crippen molar-refractivity contribution < 1.29 is 84.6 Å². The lowest BCUT2D eigenvalue weighted by atomic mass is 10.0. The Balaban J connectivity index is 0.0000141. The number of fused-ring (bicyclic) bond motifs is 1. The Morgan fingerprint density at radius 2 is 1.06 bits per heavy atom. The van der Waals surface area contributed by atoms with E-state index in [2.05, 4.69) is 26.7 Å². The molecule has 20 nitrogen and oxygen atoms in total. The predicted octanol–water partition coefficient (Wildman–Crippen LogP) is -1.98. The molecule has 372 valence electrons. The van der Waals surface area contributed by atoms with Crippen molar-refractivity contribution in [1.82, 2.24) is 25.6 Å². The summed E-state index contributed by atoms with van der Waals surface area (Å²) in [7, 11) is 0. The second kappa shape index (κ2) is 41.1. The predicted molar refractivity (Wildman–Crippen MR) is 233 cm³/mol. The maximum atomic E-state index is 12.3. The van der Waals surface area contributed by atoms with E-state index in [4.69, 9.17) is 52.1 Å². The minimum atomic E-state index is -0.0569. The molecule has 3 rings (SSSR count). The summed E-state index contributed by atoms with van der Waals surface area (Å²) in [6.45, 7) is 11.9. The molecule has 2 saturated heterocycles. The van der Waals surface area contributed by atoms with E-state index < -0.39 is 0 Å². The molecule has 1 aromatic rings. The van der Waals surface area contributed by atoms with Gasteiger partial charge in [0.1, 0.15) is 17.3 Å². The molecule has 0 spiro atoms. The quantitative estimate of drug-likeness (QED) is 0.0475. The number of aromatic nitrogens is 3. The maximum Gasteiger partial charge on any atom is 0.315 e. The number of hydrogen-bond acceptors (Lipinski definition) is 17. The minimum absolute atomic E-state index is 0. The van der Waals surface area contributed by atoms with E-state index in [1.807, 2.05) is 18.0 Å². The number of amides is 2. The average Bonchev–Trinajstić information content (AvgIpc) is 4.00. The van der Waals surface area contributed by atoms with Gasteiger partial charge in [0.2, 0.25) is 0 Å². The van der Waals surface area contributed by atoms with E-state index in [-0.39, 0.29) is 42.1 Å². The molecule has 2 amide bonds. The van der Waals surface area contributed by atoms with E-state index >= 15 is 0 Å². The number of urea groups is 1. The fraction of sp³-hybridized carbons (Fsp3) is 0.881. The summed E-state index contributed by atoms with van der Waals surface area (Å²) >= 11 is 1.91. The van der Waals surface area contributed by atoms with E-state index in [0.29, 0.717) is 196 Å². The Bertz CT molecular complexity index is 1300. The van der Waals surface area contributed by atoms with Gasteiger partial charge in [-0.1, -0.05) is 11.6 Å². The number of rotatable bonds is 47. The number of thioether (sulfide) groups is 1. The van der Waals surface area contributed by atoms with Gasteiger partial charge in [0.15, 0.2) is 0 Å². The molecule has 5 N–H and O–H groups in total. The van der Waals surface area contributed by atoms with Gasteiger partial charge in [-0.25, -0.2) is 9.48 Å². The van der Waals surface area contributed by atoms with Gasteiger partial charge in [-0.15, -0.1) is 5.10 Å². The average molecular weight is 958 g/mol. The van der Waals surface area contributed by atoms with Crippen molar-refractivity contribution in [3.8, 4) is 0 Å². The van der Waals surface area contributed by atoms with E-state index in [9.17, 15) is 14.4 Å². The van der Waals surface area contributed by atoms with Crippen molar-refractivity contribution in [2.24, 2.45) is 0 Å². The van der Waals surface area contributed by atoms with Crippen LogP contribution in [0, 0.1) is 0 Å². The fourth-order valence-corrected chi connectivity index (χ4v) is 7.95. The van der Waals surface area contributed by atoms with E-state index in [1.54, 1.807) is 4.68 Å². The smallest absolute Gasteiger partial charge is 0.315 e. The summed E-state index contributed by atoms with van der Waals surface area (Å²) < 4.78 is 62.3. The third-order valence-electron chi connectivity index (χ3n) is 9.71. The molecular formula is C42H77ClN6O14S. The van der Waals surface area contributed by atoms with Gasteiger partial charge in [0.25, 0.3) is 0 Å². The first-order valence-corrected chi connectivity index (χ1v) is 23.9. The van der Waals surface area contributed by atoms with Gasteiger partial charge in [0, 0.05) is 49.9 Å². The molecule has 0 bridgehead atoms. The summed E-state index contributed by atoms with van der Waals surface area (Å²) in [5.41, 5.74) is 4.44. The van der Waals surface area contributed by atoms with E-state index in [1.165, 1.54) is 0 Å². The molecule has 3 heterocycles. The van der Waals surface area contributed by atoms with Gasteiger partial charge >= 0.3 is 6.03 Å². The lowest BCUT2D eigenvalue weighted by molar-refractivity contribution is -0.374. The first-order valence-electron chi connectivity index (χ1n) is 22.8. The number of Topliss-reactive ketones (excluding diaryl/α,β-unsaturated/α-hetero) is 2. The van der Waals surface area contributed by atoms with Crippen LogP contribution in [-0.4, -0.2) is 201 Å². The largest absolute Gasteiger partial charge is 1.00 e. The highest BCUT2D eigenvalue weighted by Gasteiger charge is 2.42. The summed E-state index contributed by atoms with van der Waals surface area (Å²) in [5.74, 6) is 1.40. The Kier molecular flexibility index (Phi) is 37.3. The third-order valence-corrected chi connectivity index (χ3v) is 11.2. The number of ether oxygens (including phenoxy) is 11. The molecule has 2 fully saturated rings. The van der Waals surface area contributed by atoms with Crippen molar-refractivity contribution in [2.75, 3.05) is 151 Å². The zero-order valence-electron chi connectivity index (χ0n) is 37.9. The van der Waals surface area contributed by atoms with Crippen LogP contribution in [0.5, 0.6) is 0 Å². The molecule has 1 aromatic heterocycles. The van der Waals surface area contributed by atoms with Crippen molar-refractivity contribution in [1.29, 1.82) is 0 Å². The van der Waals surface area contributed by atoms with Gasteiger partial charge in [-0.05, 0) is 25.7 Å². The van der Waals surface area contributed by atoms with Crippen LogP contribution < -0.4 is 28.8 Å². The number of unbranched alkanes of at least 4 members (excludes halogenated alkanes) is 1. The van der Waals surface area contributed by atoms with Crippen molar-refractivity contribution in [3.63, 3.8) is 0 Å². The van der Waals surface area contributed by atoms with Crippen LogP contribution in [-0.2, 0) is 74.8 Å². The Morgan fingerprint density at radius 3 is 1.62 bits per heavy atom. The number of hydrogen-bond donors (Lipinski definition) is 3. The normalized spacial score (nSPS) is 16.8. The van der Waals surface area contributed by atoms with Crippen LogP contribution in [0.3, 0.4) is 0 Å². The van der Waals surface area contributed by atoms with Crippen LogP contribution >= 0.6 is 11.8 Å². The van der Waals surface area contributed by atoms with Crippen LogP contribution in [0.4, 0.5) is 4.79 Å². The number of ketones is 2. The molecular weight excluding hydrogens is 880 g/mol. The minimum Gasteiger partial charge on any atom is -1.00 e. The highest BCUT2D eigenvalue weighted by Crippen LogP contribution is 2.33. The monoisotopic (exact) mass is 956 g/mol. The van der Waals surface area contributed by atoms with Crippen molar-refractivity contribution >= 4 is 29.4 Å². The first kappa shape index (κ1) is 58.0. The zero-order valence-corrected chi connectivity index (χ0v) is 39.5. The van der Waals surface area contributed by atoms with Gasteiger partial charge in [0.05, 0.1) is 164 Å². The summed E-state index contributed by atoms with van der Waals surface area (Å²) in [6.07, 6.45) is 8.13. The topological polar surface area (TPSA) is 235 Å². The highest BCUT2D eigenvalue weighted by molar-refractivity contribution is 8.00. The van der Waals surface area contributed by atoms with Gasteiger partial charge in [-0.2, -0.15) is 11.8 Å². The number of quaternary nitrogens is 1. The Labute approximate surface area is 389 Å². The molecule has 0 unspecified atom stereocenters. The number of carbonyl (C=O) groups excluding carboxylic acids is 3. The maximum absolute atomic E-state index is 12.3. The number of halogens is 1. The van der Waals surface area contributed by atoms with Gasteiger partial charge in [-0.3, -0.25) is 9.59 Å². The molecule has 22 heteroatoms. The molecule has 64 heavy (non-hydrogen) atoms. The first-order chi connectivity index (χ1) is 31.0. The standard InChI is InChI=1S/C42H76N6O14S.ClH/c43-10-15-55-19-22-58-25-28-59-26-23-56-20-17-53-13-4-7-38(50)9-14-54-18-21-57-24-27-60-29-30-61-31-32-62-34-36-33-48(47-46-36)11-16-52-12-3-6-37(49)5-1-2-8-40-41-39(35-63-40)44-42(51)45-41;/h33,39-41H,1-32,34-35,43H2,(H2,44,45,51);1H/t39-,40-,41-;/m0./s1. The van der Waals surface area contributed by atoms with E-state index in [0.717, 1.165) is 37.3 Å². The molecule has 0 aromatic carbocycles. The third kappa shape index (κ3) is 31.0. The molecule has 0 saturated carbocycles. The van der Waals surface area contributed by atoms with Gasteiger partial charge < -0.3 is 80.9 Å². The molecule has 2 aliphatic heterocycles. The zero-order chi connectivity index (χ0) is 44.7. The second-order valence-corrected chi connectivity index (χ2v) is 16.2. The number of nitrogens with zero attached hydrogens (tertiary/aromatic N) is 3. The van der Waals surface area contributed by atoms with Crippen LogP contribution in [0.25, 0.3) is 0 Å². The number of carbonyl (C=O) groups is 3. The van der Waals surface area contributed by atoms with Crippen molar-refractivity contribution in [2.45, 2.75) is 88.3 Å². The summed E-state index contributed by atoms with van der Waals surface area (Å²) in [4.78, 5) is 35.8. The van der Waals surface area contributed by atoms with Crippen LogP contribution in [0.2, 0.25) is 0 Å². The molecule has 0 radical (unpaired) electrons. The summed E-state index contributed by atoms with van der Waals surface area (Å²) in [5, 5.41) is 14.7. The fourth-order valence-electron chi connectivity index (χ4n) is 6.40.